The molecule has 0 N–H and O–H groups in total. The zero-order valence-electron chi connectivity index (χ0n) is 17.6. The van der Waals surface area contributed by atoms with E-state index in [1.165, 1.54) is 7.11 Å². The molecule has 7 heteroatoms. The average molecular weight is 410 g/mol. The van der Waals surface area contributed by atoms with Gasteiger partial charge in [-0.1, -0.05) is 32.0 Å². The third-order valence-corrected chi connectivity index (χ3v) is 4.45. The lowest BCUT2D eigenvalue weighted by Gasteiger charge is -2.14. The normalized spacial score (nSPS) is 11.9. The van der Waals surface area contributed by atoms with Gasteiger partial charge in [-0.3, -0.25) is 0 Å². The van der Waals surface area contributed by atoms with Gasteiger partial charge in [-0.15, -0.1) is 10.2 Å². The minimum Gasteiger partial charge on any atom is -0.493 e. The maximum absolute atomic E-state index is 12.6. The van der Waals surface area contributed by atoms with Crippen LogP contribution in [-0.2, 0) is 4.74 Å². The lowest BCUT2D eigenvalue weighted by atomic mass is 10.1. The van der Waals surface area contributed by atoms with Crippen LogP contribution in [0.15, 0.2) is 52.9 Å². The van der Waals surface area contributed by atoms with E-state index in [9.17, 15) is 4.79 Å². The van der Waals surface area contributed by atoms with Gasteiger partial charge in [0.1, 0.15) is 0 Å². The Kier molecular flexibility index (Phi) is 7.06. The predicted molar refractivity (Wildman–Crippen MR) is 112 cm³/mol. The standard InChI is InChI=1S/C23H26N2O5/c1-15(2)12-13-28-19-11-10-18(14-20(19)27-4)23(26)29-16(3)21-24-25-22(30-21)17-8-6-5-7-9-17/h5-11,14-16H,12-13H2,1-4H3/t16-/m0/s1. The monoisotopic (exact) mass is 410 g/mol. The van der Waals surface area contributed by atoms with Crippen molar-refractivity contribution >= 4 is 5.97 Å². The number of methoxy groups -OCH3 is 1. The van der Waals surface area contributed by atoms with Gasteiger partial charge in [0.05, 0.1) is 19.3 Å². The molecule has 1 heterocycles. The number of carbonyl (C=O) groups excluding carboxylic acids is 1. The van der Waals surface area contributed by atoms with Crippen LogP contribution >= 0.6 is 0 Å². The van der Waals surface area contributed by atoms with Crippen molar-refractivity contribution in [2.75, 3.05) is 13.7 Å². The smallest absolute Gasteiger partial charge is 0.339 e. The molecule has 0 saturated carbocycles. The minimum absolute atomic E-state index is 0.225. The first kappa shape index (κ1) is 21.4. The summed E-state index contributed by atoms with van der Waals surface area (Å²) in [5.41, 5.74) is 1.14. The van der Waals surface area contributed by atoms with Gasteiger partial charge in [0.15, 0.2) is 17.6 Å². The topological polar surface area (TPSA) is 83.7 Å². The summed E-state index contributed by atoms with van der Waals surface area (Å²) in [5.74, 6) is 1.69. The number of rotatable bonds is 9. The number of aromatic nitrogens is 2. The van der Waals surface area contributed by atoms with E-state index in [0.717, 1.165) is 12.0 Å². The molecule has 1 atom stereocenters. The fourth-order valence-electron chi connectivity index (χ4n) is 2.69. The van der Waals surface area contributed by atoms with E-state index in [4.69, 9.17) is 18.6 Å². The van der Waals surface area contributed by atoms with Crippen molar-refractivity contribution in [3.05, 3.63) is 60.0 Å². The van der Waals surface area contributed by atoms with Gasteiger partial charge in [0, 0.05) is 5.56 Å². The highest BCUT2D eigenvalue weighted by molar-refractivity contribution is 5.90. The molecule has 0 fully saturated rings. The molecule has 0 amide bonds. The number of hydrogen-bond donors (Lipinski definition) is 0. The Morgan fingerprint density at radius 3 is 2.50 bits per heavy atom. The van der Waals surface area contributed by atoms with Crippen molar-refractivity contribution in [1.29, 1.82) is 0 Å². The van der Waals surface area contributed by atoms with Crippen LogP contribution < -0.4 is 9.47 Å². The summed E-state index contributed by atoms with van der Waals surface area (Å²) in [6, 6.07) is 14.4. The Bertz CT molecular complexity index is 969. The molecule has 0 aliphatic carbocycles. The molecule has 158 valence electrons. The second kappa shape index (κ2) is 9.91. The van der Waals surface area contributed by atoms with Crippen LogP contribution in [0.4, 0.5) is 0 Å². The molecule has 0 bridgehead atoms. The molecule has 0 radical (unpaired) electrons. The average Bonchev–Trinajstić information content (AvgIpc) is 3.24. The summed E-state index contributed by atoms with van der Waals surface area (Å²) in [7, 11) is 1.53. The first-order chi connectivity index (χ1) is 14.5. The van der Waals surface area contributed by atoms with E-state index < -0.39 is 12.1 Å². The summed E-state index contributed by atoms with van der Waals surface area (Å²) in [6.45, 7) is 6.52. The highest BCUT2D eigenvalue weighted by Gasteiger charge is 2.21. The lowest BCUT2D eigenvalue weighted by molar-refractivity contribution is 0.0279. The number of esters is 1. The van der Waals surface area contributed by atoms with Gasteiger partial charge in [-0.25, -0.2) is 4.79 Å². The summed E-state index contributed by atoms with van der Waals surface area (Å²) in [4.78, 5) is 12.6. The van der Waals surface area contributed by atoms with E-state index in [-0.39, 0.29) is 5.89 Å². The Morgan fingerprint density at radius 1 is 1.03 bits per heavy atom. The molecule has 2 aromatic carbocycles. The van der Waals surface area contributed by atoms with Crippen LogP contribution in [0, 0.1) is 5.92 Å². The Morgan fingerprint density at radius 2 is 1.80 bits per heavy atom. The Hall–Kier alpha value is -3.35. The second-order valence-electron chi connectivity index (χ2n) is 7.26. The fourth-order valence-corrected chi connectivity index (χ4v) is 2.69. The van der Waals surface area contributed by atoms with Crippen molar-refractivity contribution in [2.45, 2.75) is 33.3 Å². The maximum Gasteiger partial charge on any atom is 0.339 e. The molecule has 0 unspecified atom stereocenters. The summed E-state index contributed by atoms with van der Waals surface area (Å²) >= 11 is 0. The summed E-state index contributed by atoms with van der Waals surface area (Å²) in [5, 5.41) is 8.02. The zero-order chi connectivity index (χ0) is 21.5. The second-order valence-corrected chi connectivity index (χ2v) is 7.26. The summed E-state index contributed by atoms with van der Waals surface area (Å²) in [6.07, 6.45) is 0.231. The van der Waals surface area contributed by atoms with Crippen LogP contribution in [0.3, 0.4) is 0 Å². The van der Waals surface area contributed by atoms with Gasteiger partial charge >= 0.3 is 5.97 Å². The third kappa shape index (κ3) is 5.37. The molecular weight excluding hydrogens is 384 g/mol. The molecule has 3 aromatic rings. The summed E-state index contributed by atoms with van der Waals surface area (Å²) < 4.78 is 22.3. The van der Waals surface area contributed by atoms with Crippen molar-refractivity contribution in [2.24, 2.45) is 5.92 Å². The van der Waals surface area contributed by atoms with Gasteiger partial charge < -0.3 is 18.6 Å². The number of nitrogens with zero attached hydrogens (tertiary/aromatic N) is 2. The molecule has 30 heavy (non-hydrogen) atoms. The van der Waals surface area contributed by atoms with E-state index in [1.807, 2.05) is 30.3 Å². The first-order valence-electron chi connectivity index (χ1n) is 9.88. The number of hydrogen-bond acceptors (Lipinski definition) is 7. The highest BCUT2D eigenvalue weighted by atomic mass is 16.6. The molecule has 0 saturated heterocycles. The Balaban J connectivity index is 1.66. The number of carbonyl (C=O) groups is 1. The quantitative estimate of drug-likeness (QED) is 0.454. The van der Waals surface area contributed by atoms with E-state index >= 15 is 0 Å². The molecular formula is C23H26N2O5. The van der Waals surface area contributed by atoms with E-state index in [2.05, 4.69) is 24.0 Å². The van der Waals surface area contributed by atoms with Crippen LogP contribution in [0.25, 0.3) is 11.5 Å². The van der Waals surface area contributed by atoms with Crippen molar-refractivity contribution < 1.29 is 23.4 Å². The van der Waals surface area contributed by atoms with E-state index in [1.54, 1.807) is 25.1 Å². The number of ether oxygens (including phenoxy) is 3. The first-order valence-corrected chi connectivity index (χ1v) is 9.88. The van der Waals surface area contributed by atoms with Gasteiger partial charge in [-0.05, 0) is 49.6 Å². The lowest BCUT2D eigenvalue weighted by Crippen LogP contribution is -2.10. The largest absolute Gasteiger partial charge is 0.493 e. The molecule has 7 nitrogen and oxygen atoms in total. The SMILES string of the molecule is COc1cc(C(=O)O[C@@H](C)c2nnc(-c3ccccc3)o2)ccc1OCCC(C)C. The predicted octanol–water partition coefficient (Wildman–Crippen LogP) is 5.09. The highest BCUT2D eigenvalue weighted by Crippen LogP contribution is 2.30. The van der Waals surface area contributed by atoms with Crippen LogP contribution in [0.1, 0.15) is 49.5 Å². The van der Waals surface area contributed by atoms with Crippen molar-refractivity contribution in [3.8, 4) is 23.0 Å². The Labute approximate surface area is 176 Å². The van der Waals surface area contributed by atoms with Crippen LogP contribution in [-0.4, -0.2) is 29.9 Å². The zero-order valence-corrected chi connectivity index (χ0v) is 17.6. The van der Waals surface area contributed by atoms with E-state index in [0.29, 0.717) is 35.5 Å². The van der Waals surface area contributed by atoms with Gasteiger partial charge in [-0.2, -0.15) is 0 Å². The minimum atomic E-state index is -0.699. The van der Waals surface area contributed by atoms with Crippen molar-refractivity contribution in [1.82, 2.24) is 10.2 Å². The fraction of sp³-hybridized carbons (Fsp3) is 0.348. The molecule has 1 aromatic heterocycles. The number of benzene rings is 2. The molecule has 0 aliphatic heterocycles. The van der Waals surface area contributed by atoms with Crippen molar-refractivity contribution in [3.63, 3.8) is 0 Å². The molecule has 0 spiro atoms. The van der Waals surface area contributed by atoms with Crippen LogP contribution in [0.2, 0.25) is 0 Å². The maximum atomic E-state index is 12.6. The molecule has 3 rings (SSSR count). The van der Waals surface area contributed by atoms with Crippen LogP contribution in [0.5, 0.6) is 11.5 Å². The third-order valence-electron chi connectivity index (χ3n) is 4.45. The van der Waals surface area contributed by atoms with Gasteiger partial charge in [0.2, 0.25) is 5.89 Å². The molecule has 0 aliphatic rings. The van der Waals surface area contributed by atoms with Gasteiger partial charge in [0.25, 0.3) is 5.89 Å².